The zero-order valence-corrected chi connectivity index (χ0v) is 13.9. The second kappa shape index (κ2) is 7.38. The molecule has 0 unspecified atom stereocenters. The molecular weight excluding hydrogens is 310 g/mol. The molecule has 8 heteroatoms. The molecule has 3 rings (SSSR count). The highest BCUT2D eigenvalue weighted by molar-refractivity contribution is 7.09. The number of carbonyl (C=O) groups excluding carboxylic acids is 1. The average Bonchev–Trinajstić information content (AvgIpc) is 2.94. The Morgan fingerprint density at radius 2 is 1.90 bits per heavy atom. The number of rotatable bonds is 2. The summed E-state index contributed by atoms with van der Waals surface area (Å²) < 4.78 is 4.22. The first-order valence-corrected chi connectivity index (χ1v) is 8.06. The van der Waals surface area contributed by atoms with Crippen LogP contribution in [0.15, 0.2) is 0 Å². The molecule has 0 radical (unpaired) electrons. The smallest absolute Gasteiger partial charge is 0.225 e. The highest BCUT2D eigenvalue weighted by Gasteiger charge is 2.29. The largest absolute Gasteiger partial charge is 0.343 e. The third-order valence-electron chi connectivity index (χ3n) is 4.07. The highest BCUT2D eigenvalue weighted by Crippen LogP contribution is 2.21. The van der Waals surface area contributed by atoms with Crippen molar-refractivity contribution in [1.29, 1.82) is 0 Å². The summed E-state index contributed by atoms with van der Waals surface area (Å²) in [5, 5.41) is 4.29. The van der Waals surface area contributed by atoms with Crippen LogP contribution in [0.1, 0.15) is 18.7 Å². The Kier molecular flexibility index (Phi) is 5.78. The summed E-state index contributed by atoms with van der Waals surface area (Å²) in [7, 11) is 0. The Labute approximate surface area is 135 Å². The van der Waals surface area contributed by atoms with Crippen molar-refractivity contribution in [2.24, 2.45) is 5.92 Å². The summed E-state index contributed by atoms with van der Waals surface area (Å²) >= 11 is 1.45. The quantitative estimate of drug-likeness (QED) is 0.873. The van der Waals surface area contributed by atoms with Crippen LogP contribution < -0.4 is 10.2 Å². The number of aromatic nitrogens is 2. The van der Waals surface area contributed by atoms with Gasteiger partial charge in [-0.3, -0.25) is 4.79 Å². The molecular formula is C13H22ClN5OS. The molecule has 6 nitrogen and oxygen atoms in total. The van der Waals surface area contributed by atoms with Gasteiger partial charge < -0.3 is 15.1 Å². The van der Waals surface area contributed by atoms with Crippen LogP contribution in [0, 0.1) is 12.8 Å². The predicted octanol–water partition coefficient (Wildman–Crippen LogP) is 0.917. The third kappa shape index (κ3) is 3.84. The van der Waals surface area contributed by atoms with Crippen LogP contribution in [-0.4, -0.2) is 59.4 Å². The Bertz CT molecular complexity index is 469. The van der Waals surface area contributed by atoms with E-state index in [-0.39, 0.29) is 18.3 Å². The molecule has 2 fully saturated rings. The molecule has 2 aliphatic heterocycles. The Morgan fingerprint density at radius 1 is 1.24 bits per heavy atom. The van der Waals surface area contributed by atoms with Crippen molar-refractivity contribution < 1.29 is 4.79 Å². The molecule has 0 spiro atoms. The van der Waals surface area contributed by atoms with Gasteiger partial charge in [0, 0.05) is 43.6 Å². The molecule has 1 N–H and O–H groups in total. The van der Waals surface area contributed by atoms with Gasteiger partial charge in [-0.2, -0.15) is 4.37 Å². The van der Waals surface area contributed by atoms with Crippen LogP contribution in [0.3, 0.4) is 0 Å². The Hall–Kier alpha value is -0.920. The minimum Gasteiger partial charge on any atom is -0.343 e. The topological polar surface area (TPSA) is 61.4 Å². The van der Waals surface area contributed by atoms with Gasteiger partial charge in [0.2, 0.25) is 11.0 Å². The lowest BCUT2D eigenvalue weighted by Crippen LogP contribution is -2.51. The van der Waals surface area contributed by atoms with Crippen molar-refractivity contribution in [3.05, 3.63) is 5.82 Å². The fourth-order valence-corrected chi connectivity index (χ4v) is 3.59. The molecule has 2 saturated heterocycles. The number of anilines is 1. The van der Waals surface area contributed by atoms with E-state index in [1.54, 1.807) is 0 Å². The molecule has 2 aliphatic rings. The van der Waals surface area contributed by atoms with Crippen molar-refractivity contribution in [3.63, 3.8) is 0 Å². The molecule has 3 heterocycles. The van der Waals surface area contributed by atoms with Gasteiger partial charge in [0.25, 0.3) is 0 Å². The average molecular weight is 332 g/mol. The summed E-state index contributed by atoms with van der Waals surface area (Å²) in [5.41, 5.74) is 0. The molecule has 0 saturated carbocycles. The van der Waals surface area contributed by atoms with Crippen LogP contribution in [0.2, 0.25) is 0 Å². The van der Waals surface area contributed by atoms with Gasteiger partial charge in [0.1, 0.15) is 5.82 Å². The van der Waals surface area contributed by atoms with Crippen molar-refractivity contribution in [2.45, 2.75) is 19.8 Å². The number of nitrogens with zero attached hydrogens (tertiary/aromatic N) is 4. The van der Waals surface area contributed by atoms with Gasteiger partial charge in [0.15, 0.2) is 0 Å². The van der Waals surface area contributed by atoms with E-state index in [1.165, 1.54) is 11.5 Å². The number of piperazine rings is 1. The molecule has 21 heavy (non-hydrogen) atoms. The van der Waals surface area contributed by atoms with Gasteiger partial charge in [-0.05, 0) is 32.9 Å². The van der Waals surface area contributed by atoms with Crippen molar-refractivity contribution in [2.75, 3.05) is 44.2 Å². The number of aryl methyl sites for hydroxylation is 1. The van der Waals surface area contributed by atoms with Crippen molar-refractivity contribution in [3.8, 4) is 0 Å². The fraction of sp³-hybridized carbons (Fsp3) is 0.769. The van der Waals surface area contributed by atoms with E-state index in [0.717, 1.165) is 63.1 Å². The second-order valence-corrected chi connectivity index (χ2v) is 6.19. The first-order chi connectivity index (χ1) is 9.74. The van der Waals surface area contributed by atoms with Gasteiger partial charge in [-0.1, -0.05) is 0 Å². The van der Waals surface area contributed by atoms with Gasteiger partial charge in [0.05, 0.1) is 0 Å². The molecule has 118 valence electrons. The third-order valence-corrected chi connectivity index (χ3v) is 4.94. The van der Waals surface area contributed by atoms with E-state index >= 15 is 0 Å². The summed E-state index contributed by atoms with van der Waals surface area (Å²) in [6, 6.07) is 0. The van der Waals surface area contributed by atoms with Gasteiger partial charge in [-0.15, -0.1) is 12.4 Å². The predicted molar refractivity (Wildman–Crippen MR) is 86.3 cm³/mol. The minimum atomic E-state index is 0. The Morgan fingerprint density at radius 3 is 2.48 bits per heavy atom. The van der Waals surface area contributed by atoms with Crippen LogP contribution >= 0.6 is 23.9 Å². The van der Waals surface area contributed by atoms with Crippen molar-refractivity contribution >= 4 is 35.0 Å². The number of amides is 1. The maximum Gasteiger partial charge on any atom is 0.225 e. The number of hydrogen-bond acceptors (Lipinski definition) is 6. The number of hydrogen-bond donors (Lipinski definition) is 1. The summed E-state index contributed by atoms with van der Waals surface area (Å²) in [6.07, 6.45) is 1.96. The lowest BCUT2D eigenvalue weighted by molar-refractivity contribution is -0.136. The zero-order chi connectivity index (χ0) is 13.9. The number of nitrogens with one attached hydrogen (secondary N) is 1. The standard InChI is InChI=1S/C13H21N5OS.ClH/c1-10-15-13(20-16-10)18-8-6-17(7-9-18)12(19)11-2-4-14-5-3-11;/h11,14H,2-9H2,1H3;1H. The van der Waals surface area contributed by atoms with E-state index in [4.69, 9.17) is 0 Å². The maximum atomic E-state index is 12.5. The molecule has 0 atom stereocenters. The van der Waals surface area contributed by atoms with E-state index in [9.17, 15) is 4.79 Å². The fourth-order valence-electron chi connectivity index (χ4n) is 2.86. The molecule has 1 aromatic rings. The van der Waals surface area contributed by atoms with Crippen LogP contribution in [0.25, 0.3) is 0 Å². The first kappa shape index (κ1) is 16.5. The minimum absolute atomic E-state index is 0. The molecule has 0 bridgehead atoms. The summed E-state index contributed by atoms with van der Waals surface area (Å²) in [6.45, 7) is 7.21. The Balaban J connectivity index is 0.00000161. The van der Waals surface area contributed by atoms with Crippen LogP contribution in [0.5, 0.6) is 0 Å². The highest BCUT2D eigenvalue weighted by atomic mass is 35.5. The molecule has 1 amide bonds. The number of piperidine rings is 1. The lowest BCUT2D eigenvalue weighted by Gasteiger charge is -2.36. The van der Waals surface area contributed by atoms with E-state index in [1.807, 2.05) is 11.8 Å². The summed E-state index contributed by atoms with van der Waals surface area (Å²) in [4.78, 5) is 21.1. The van der Waals surface area contributed by atoms with Crippen LogP contribution in [0.4, 0.5) is 5.13 Å². The number of carbonyl (C=O) groups is 1. The molecule has 1 aromatic heterocycles. The number of halogens is 1. The van der Waals surface area contributed by atoms with Crippen LogP contribution in [-0.2, 0) is 4.79 Å². The first-order valence-electron chi connectivity index (χ1n) is 7.29. The molecule has 0 aromatic carbocycles. The van der Waals surface area contributed by atoms with E-state index < -0.39 is 0 Å². The lowest BCUT2D eigenvalue weighted by atomic mass is 9.96. The van der Waals surface area contributed by atoms with Crippen molar-refractivity contribution in [1.82, 2.24) is 19.6 Å². The zero-order valence-electron chi connectivity index (χ0n) is 12.2. The monoisotopic (exact) mass is 331 g/mol. The summed E-state index contributed by atoms with van der Waals surface area (Å²) in [5.74, 6) is 1.41. The van der Waals surface area contributed by atoms with Gasteiger partial charge >= 0.3 is 0 Å². The van der Waals surface area contributed by atoms with E-state index in [2.05, 4.69) is 19.6 Å². The second-order valence-electron chi connectivity index (χ2n) is 5.46. The van der Waals surface area contributed by atoms with E-state index in [0.29, 0.717) is 5.91 Å². The van der Waals surface area contributed by atoms with Gasteiger partial charge in [-0.25, -0.2) is 4.98 Å². The maximum absolute atomic E-state index is 12.5. The SMILES string of the molecule is Cc1nsc(N2CCN(C(=O)C3CCNCC3)CC2)n1.Cl. The normalized spacial score (nSPS) is 20.2. The molecule has 0 aliphatic carbocycles.